The van der Waals surface area contributed by atoms with E-state index in [4.69, 9.17) is 4.74 Å². The van der Waals surface area contributed by atoms with Gasteiger partial charge >= 0.3 is 0 Å². The number of hydrogen-bond donors (Lipinski definition) is 1. The first kappa shape index (κ1) is 17.9. The lowest BCUT2D eigenvalue weighted by Crippen LogP contribution is -2.47. The second kappa shape index (κ2) is 8.03. The summed E-state index contributed by atoms with van der Waals surface area (Å²) < 4.78 is 20.0. The Morgan fingerprint density at radius 3 is 2.38 bits per heavy atom. The summed E-state index contributed by atoms with van der Waals surface area (Å²) in [5.74, 6) is 1.09. The number of nitrogens with one attached hydrogen (secondary N) is 1. The van der Waals surface area contributed by atoms with Gasteiger partial charge in [-0.05, 0) is 43.8 Å². The summed E-state index contributed by atoms with van der Waals surface area (Å²) in [5, 5.41) is 3.47. The highest BCUT2D eigenvalue weighted by atomic mass is 19.1. The van der Waals surface area contributed by atoms with Crippen molar-refractivity contribution in [2.75, 3.05) is 52.5 Å². The Morgan fingerprint density at radius 2 is 1.73 bits per heavy atom. The molecule has 0 spiro atoms. The largest absolute Gasteiger partial charge is 0.379 e. The molecule has 26 heavy (non-hydrogen) atoms. The molecular weight excluding hydrogens is 333 g/mol. The predicted molar refractivity (Wildman–Crippen MR) is 97.2 cm³/mol. The van der Waals surface area contributed by atoms with Crippen molar-refractivity contribution in [3.63, 3.8) is 0 Å². The van der Waals surface area contributed by atoms with Crippen molar-refractivity contribution in [3.8, 4) is 0 Å². The third kappa shape index (κ3) is 3.63. The molecule has 3 atom stereocenters. The molecule has 0 aliphatic carbocycles. The van der Waals surface area contributed by atoms with Gasteiger partial charge in [0.25, 0.3) is 0 Å². The van der Waals surface area contributed by atoms with Crippen LogP contribution >= 0.6 is 0 Å². The third-order valence-electron chi connectivity index (χ3n) is 6.18. The van der Waals surface area contributed by atoms with Crippen molar-refractivity contribution in [1.29, 1.82) is 0 Å². The Bertz CT molecular complexity index is 621. The molecule has 3 saturated heterocycles. The summed E-state index contributed by atoms with van der Waals surface area (Å²) in [6.45, 7) is 6.18. The molecule has 6 heteroatoms. The van der Waals surface area contributed by atoms with Gasteiger partial charge in [-0.25, -0.2) is 4.39 Å². The lowest BCUT2D eigenvalue weighted by Gasteiger charge is -2.36. The van der Waals surface area contributed by atoms with Crippen molar-refractivity contribution in [2.24, 2.45) is 11.8 Å². The van der Waals surface area contributed by atoms with Crippen LogP contribution in [0.2, 0.25) is 0 Å². The molecule has 1 aromatic carbocycles. The van der Waals surface area contributed by atoms with Crippen LogP contribution in [0.25, 0.3) is 0 Å². The fourth-order valence-electron chi connectivity index (χ4n) is 4.63. The molecule has 3 fully saturated rings. The van der Waals surface area contributed by atoms with E-state index >= 15 is 0 Å². The van der Waals surface area contributed by atoms with Crippen LogP contribution in [0.5, 0.6) is 0 Å². The molecule has 3 aliphatic rings. The van der Waals surface area contributed by atoms with Gasteiger partial charge in [0.2, 0.25) is 5.91 Å². The molecule has 1 unspecified atom stereocenters. The SMILES string of the molecule is O=C(C(c1ccccc1F)N1CCOCC1)N1CC[C@@H]2CNC[C@@H]2CC1. The fourth-order valence-corrected chi connectivity index (χ4v) is 4.63. The van der Waals surface area contributed by atoms with Crippen LogP contribution < -0.4 is 5.32 Å². The standard InChI is InChI=1S/C20H28FN3O2/c21-18-4-2-1-3-17(18)19(23-9-11-26-12-10-23)20(25)24-7-5-15-13-22-14-16(15)6-8-24/h1-4,15-16,19,22H,5-14H2/t15-,16+,19?. The van der Waals surface area contributed by atoms with E-state index in [9.17, 15) is 9.18 Å². The van der Waals surface area contributed by atoms with E-state index in [1.807, 2.05) is 11.0 Å². The zero-order valence-electron chi connectivity index (χ0n) is 15.2. The quantitative estimate of drug-likeness (QED) is 0.889. The number of ether oxygens (including phenoxy) is 1. The highest BCUT2D eigenvalue weighted by molar-refractivity contribution is 5.83. The Kier molecular flexibility index (Phi) is 5.52. The minimum Gasteiger partial charge on any atom is -0.379 e. The molecule has 3 aliphatic heterocycles. The van der Waals surface area contributed by atoms with Crippen molar-refractivity contribution in [3.05, 3.63) is 35.6 Å². The van der Waals surface area contributed by atoms with Gasteiger partial charge < -0.3 is 15.0 Å². The van der Waals surface area contributed by atoms with E-state index in [-0.39, 0.29) is 11.7 Å². The van der Waals surface area contributed by atoms with Gasteiger partial charge in [0.05, 0.1) is 13.2 Å². The molecule has 0 aromatic heterocycles. The number of carbonyl (C=O) groups is 1. The minimum atomic E-state index is -0.545. The summed E-state index contributed by atoms with van der Waals surface area (Å²) >= 11 is 0. The van der Waals surface area contributed by atoms with Crippen molar-refractivity contribution in [1.82, 2.24) is 15.1 Å². The number of amides is 1. The van der Waals surface area contributed by atoms with Gasteiger partial charge in [-0.3, -0.25) is 9.69 Å². The molecule has 1 aromatic rings. The smallest absolute Gasteiger partial charge is 0.244 e. The lowest BCUT2D eigenvalue weighted by atomic mass is 9.92. The first-order valence-electron chi connectivity index (χ1n) is 9.80. The molecule has 0 radical (unpaired) electrons. The van der Waals surface area contributed by atoms with Crippen LogP contribution in [0.3, 0.4) is 0 Å². The van der Waals surface area contributed by atoms with Gasteiger partial charge in [0, 0.05) is 31.7 Å². The van der Waals surface area contributed by atoms with Gasteiger partial charge in [-0.1, -0.05) is 18.2 Å². The Morgan fingerprint density at radius 1 is 1.08 bits per heavy atom. The predicted octanol–water partition coefficient (Wildman–Crippen LogP) is 1.66. The van der Waals surface area contributed by atoms with Crippen LogP contribution in [0, 0.1) is 17.7 Å². The first-order chi connectivity index (χ1) is 12.7. The second-order valence-electron chi connectivity index (χ2n) is 7.65. The highest BCUT2D eigenvalue weighted by Crippen LogP contribution is 2.31. The second-order valence-corrected chi connectivity index (χ2v) is 7.65. The van der Waals surface area contributed by atoms with Gasteiger partial charge in [0.15, 0.2) is 0 Å². The average molecular weight is 361 g/mol. The van der Waals surface area contributed by atoms with E-state index < -0.39 is 6.04 Å². The van der Waals surface area contributed by atoms with Crippen LogP contribution in [0.1, 0.15) is 24.4 Å². The van der Waals surface area contributed by atoms with Crippen molar-refractivity contribution < 1.29 is 13.9 Å². The normalized spacial score (nSPS) is 28.4. The van der Waals surface area contributed by atoms with Crippen LogP contribution in [0.15, 0.2) is 24.3 Å². The van der Waals surface area contributed by atoms with Gasteiger partial charge in [-0.2, -0.15) is 0 Å². The van der Waals surface area contributed by atoms with E-state index in [0.29, 0.717) is 43.7 Å². The van der Waals surface area contributed by atoms with Gasteiger partial charge in [0.1, 0.15) is 11.9 Å². The monoisotopic (exact) mass is 361 g/mol. The Balaban J connectivity index is 1.56. The Hall–Kier alpha value is -1.50. The van der Waals surface area contributed by atoms with Crippen molar-refractivity contribution >= 4 is 5.91 Å². The van der Waals surface area contributed by atoms with Crippen LogP contribution in [-0.4, -0.2) is 68.2 Å². The highest BCUT2D eigenvalue weighted by Gasteiger charge is 2.37. The van der Waals surface area contributed by atoms with Crippen molar-refractivity contribution in [2.45, 2.75) is 18.9 Å². The summed E-state index contributed by atoms with van der Waals surface area (Å²) in [7, 11) is 0. The molecule has 142 valence electrons. The molecule has 0 saturated carbocycles. The average Bonchev–Trinajstić information content (AvgIpc) is 3.02. The number of morpholine rings is 1. The molecular formula is C20H28FN3O2. The van der Waals surface area contributed by atoms with Crippen LogP contribution in [0.4, 0.5) is 4.39 Å². The summed E-state index contributed by atoms with van der Waals surface area (Å²) in [5.41, 5.74) is 0.491. The number of halogens is 1. The molecule has 1 N–H and O–H groups in total. The number of hydrogen-bond acceptors (Lipinski definition) is 4. The van der Waals surface area contributed by atoms with E-state index in [1.165, 1.54) is 6.07 Å². The zero-order valence-corrected chi connectivity index (χ0v) is 15.2. The number of fused-ring (bicyclic) bond motifs is 1. The maximum atomic E-state index is 14.6. The molecule has 1 amide bonds. The molecule has 5 nitrogen and oxygen atoms in total. The topological polar surface area (TPSA) is 44.8 Å². The summed E-state index contributed by atoms with van der Waals surface area (Å²) in [4.78, 5) is 17.5. The number of carbonyl (C=O) groups excluding carboxylic acids is 1. The van der Waals surface area contributed by atoms with E-state index in [0.717, 1.165) is 39.0 Å². The zero-order chi connectivity index (χ0) is 17.9. The van der Waals surface area contributed by atoms with E-state index in [1.54, 1.807) is 12.1 Å². The van der Waals surface area contributed by atoms with Crippen LogP contribution in [-0.2, 0) is 9.53 Å². The molecule has 4 rings (SSSR count). The summed E-state index contributed by atoms with van der Waals surface area (Å²) in [6.07, 6.45) is 2.08. The maximum absolute atomic E-state index is 14.6. The molecule has 3 heterocycles. The number of nitrogens with zero attached hydrogens (tertiary/aromatic N) is 2. The third-order valence-corrected chi connectivity index (χ3v) is 6.18. The fraction of sp³-hybridized carbons (Fsp3) is 0.650. The first-order valence-corrected chi connectivity index (χ1v) is 9.80. The Labute approximate surface area is 154 Å². The lowest BCUT2D eigenvalue weighted by molar-refractivity contribution is -0.139. The van der Waals surface area contributed by atoms with E-state index in [2.05, 4.69) is 10.2 Å². The molecule has 0 bridgehead atoms. The minimum absolute atomic E-state index is 0.0462. The number of rotatable bonds is 3. The maximum Gasteiger partial charge on any atom is 0.244 e. The number of likely N-dealkylation sites (tertiary alicyclic amines) is 1. The summed E-state index contributed by atoms with van der Waals surface area (Å²) in [6, 6.07) is 6.16. The van der Waals surface area contributed by atoms with Gasteiger partial charge in [-0.15, -0.1) is 0 Å². The number of benzene rings is 1.